The van der Waals surface area contributed by atoms with Gasteiger partial charge in [0.15, 0.2) is 0 Å². The summed E-state index contributed by atoms with van der Waals surface area (Å²) in [5, 5.41) is 8.66. The molecule has 0 aromatic heterocycles. The van der Waals surface area contributed by atoms with Crippen molar-refractivity contribution >= 4 is 5.91 Å². The number of ether oxygens (including phenoxy) is 1. The molecule has 0 aromatic carbocycles. The van der Waals surface area contributed by atoms with E-state index in [4.69, 9.17) is 15.6 Å². The van der Waals surface area contributed by atoms with Gasteiger partial charge in [0, 0.05) is 25.6 Å². The average Bonchev–Trinajstić information content (AvgIpc) is 2.19. The van der Waals surface area contributed by atoms with E-state index in [-0.39, 0.29) is 18.9 Å². The smallest absolute Gasteiger partial charge is 0.224 e. The van der Waals surface area contributed by atoms with Crippen LogP contribution in [-0.4, -0.2) is 54.9 Å². The molecule has 5 nitrogen and oxygen atoms in total. The van der Waals surface area contributed by atoms with E-state index in [1.165, 1.54) is 0 Å². The zero-order valence-electron chi connectivity index (χ0n) is 7.61. The summed E-state index contributed by atoms with van der Waals surface area (Å²) < 4.78 is 5.11. The molecule has 1 rings (SSSR count). The average molecular weight is 188 g/mol. The highest BCUT2D eigenvalue weighted by atomic mass is 16.5. The second kappa shape index (κ2) is 5.16. The van der Waals surface area contributed by atoms with Crippen LogP contribution in [0.4, 0.5) is 0 Å². The molecule has 0 spiro atoms. The quantitative estimate of drug-likeness (QED) is 0.568. The topological polar surface area (TPSA) is 75.8 Å². The number of hydrogen-bond acceptors (Lipinski definition) is 4. The minimum absolute atomic E-state index is 0.00449. The van der Waals surface area contributed by atoms with Crippen LogP contribution in [0.2, 0.25) is 0 Å². The second-order valence-corrected chi connectivity index (χ2v) is 3.14. The number of carbonyl (C=O) groups is 1. The van der Waals surface area contributed by atoms with Crippen molar-refractivity contribution in [3.63, 3.8) is 0 Å². The highest BCUT2D eigenvalue weighted by molar-refractivity contribution is 5.76. The van der Waals surface area contributed by atoms with Crippen LogP contribution in [0.1, 0.15) is 6.42 Å². The van der Waals surface area contributed by atoms with Gasteiger partial charge in [-0.05, 0) is 0 Å². The lowest BCUT2D eigenvalue weighted by atomic mass is 10.2. The highest BCUT2D eigenvalue weighted by Gasteiger charge is 2.18. The minimum atomic E-state index is -0.435. The van der Waals surface area contributed by atoms with E-state index < -0.39 is 6.04 Å². The van der Waals surface area contributed by atoms with Crippen molar-refractivity contribution in [2.45, 2.75) is 12.5 Å². The fraction of sp³-hybridized carbons (Fsp3) is 0.875. The number of rotatable bonds is 3. The first-order chi connectivity index (χ1) is 6.24. The third kappa shape index (κ3) is 3.30. The van der Waals surface area contributed by atoms with Crippen molar-refractivity contribution in [3.05, 3.63) is 0 Å². The van der Waals surface area contributed by atoms with Gasteiger partial charge in [-0.25, -0.2) is 0 Å². The van der Waals surface area contributed by atoms with Crippen molar-refractivity contribution in [1.29, 1.82) is 0 Å². The first kappa shape index (κ1) is 10.4. The minimum Gasteiger partial charge on any atom is -0.395 e. The predicted octanol–water partition coefficient (Wildman–Crippen LogP) is -1.45. The number of aliphatic hydroxyl groups excluding tert-OH is 1. The van der Waals surface area contributed by atoms with E-state index in [9.17, 15) is 4.79 Å². The van der Waals surface area contributed by atoms with Crippen molar-refractivity contribution in [3.8, 4) is 0 Å². The van der Waals surface area contributed by atoms with Crippen LogP contribution in [0.5, 0.6) is 0 Å². The molecule has 76 valence electrons. The molecule has 0 aliphatic carbocycles. The van der Waals surface area contributed by atoms with Gasteiger partial charge in [0.25, 0.3) is 0 Å². The van der Waals surface area contributed by atoms with Crippen molar-refractivity contribution in [2.75, 3.05) is 32.9 Å². The van der Waals surface area contributed by atoms with E-state index in [0.29, 0.717) is 26.3 Å². The third-order valence-corrected chi connectivity index (χ3v) is 2.04. The fourth-order valence-electron chi connectivity index (χ4n) is 1.23. The largest absolute Gasteiger partial charge is 0.395 e. The van der Waals surface area contributed by atoms with Gasteiger partial charge in [0.2, 0.25) is 5.91 Å². The van der Waals surface area contributed by atoms with E-state index in [1.807, 2.05) is 0 Å². The summed E-state index contributed by atoms with van der Waals surface area (Å²) >= 11 is 0. The number of nitrogens with two attached hydrogens (primary N) is 1. The Morgan fingerprint density at radius 2 is 2.15 bits per heavy atom. The number of aliphatic hydroxyl groups is 1. The van der Waals surface area contributed by atoms with Crippen LogP contribution in [0.25, 0.3) is 0 Å². The maximum absolute atomic E-state index is 11.4. The van der Waals surface area contributed by atoms with Crippen molar-refractivity contribution in [1.82, 2.24) is 4.90 Å². The Morgan fingerprint density at radius 3 is 2.69 bits per heavy atom. The number of hydrogen-bond donors (Lipinski definition) is 2. The molecular weight excluding hydrogens is 172 g/mol. The predicted molar refractivity (Wildman–Crippen MR) is 47.1 cm³/mol. The van der Waals surface area contributed by atoms with Crippen LogP contribution in [-0.2, 0) is 9.53 Å². The molecule has 1 fully saturated rings. The lowest BCUT2D eigenvalue weighted by molar-refractivity contribution is -0.135. The maximum atomic E-state index is 11.4. The van der Waals surface area contributed by atoms with Gasteiger partial charge < -0.3 is 20.5 Å². The van der Waals surface area contributed by atoms with E-state index >= 15 is 0 Å². The fourth-order valence-corrected chi connectivity index (χ4v) is 1.23. The van der Waals surface area contributed by atoms with Gasteiger partial charge in [-0.15, -0.1) is 0 Å². The van der Waals surface area contributed by atoms with Crippen LogP contribution in [0, 0.1) is 0 Å². The van der Waals surface area contributed by atoms with Crippen LogP contribution >= 0.6 is 0 Å². The molecule has 1 amide bonds. The van der Waals surface area contributed by atoms with Gasteiger partial charge in [-0.3, -0.25) is 4.79 Å². The molecule has 1 aliphatic heterocycles. The summed E-state index contributed by atoms with van der Waals surface area (Å²) in [5.74, 6) is 0.00449. The van der Waals surface area contributed by atoms with Crippen LogP contribution < -0.4 is 5.73 Å². The molecule has 1 saturated heterocycles. The van der Waals surface area contributed by atoms with Crippen LogP contribution in [0.15, 0.2) is 0 Å². The summed E-state index contributed by atoms with van der Waals surface area (Å²) in [7, 11) is 0. The molecule has 0 bridgehead atoms. The normalized spacial score (nSPS) is 20.0. The van der Waals surface area contributed by atoms with Crippen LogP contribution in [0.3, 0.4) is 0 Å². The molecule has 1 aliphatic rings. The lowest BCUT2D eigenvalue weighted by Gasteiger charge is -2.27. The third-order valence-electron chi connectivity index (χ3n) is 2.04. The number of morpholine rings is 1. The SMILES string of the molecule is N[C@@H](CO)CC(=O)N1CCOCC1. The van der Waals surface area contributed by atoms with Gasteiger partial charge in [0.05, 0.1) is 19.8 Å². The number of nitrogens with zero attached hydrogens (tertiary/aromatic N) is 1. The molecule has 1 heterocycles. The number of carbonyl (C=O) groups excluding carboxylic acids is 1. The Bertz CT molecular complexity index is 169. The maximum Gasteiger partial charge on any atom is 0.224 e. The Morgan fingerprint density at radius 1 is 1.54 bits per heavy atom. The molecule has 1 atom stereocenters. The van der Waals surface area contributed by atoms with Gasteiger partial charge in [0.1, 0.15) is 0 Å². The second-order valence-electron chi connectivity index (χ2n) is 3.14. The standard InChI is InChI=1S/C8H16N2O3/c9-7(6-11)5-8(12)10-1-3-13-4-2-10/h7,11H,1-6,9H2/t7-/m1/s1. The Kier molecular flexibility index (Phi) is 4.14. The summed E-state index contributed by atoms with van der Waals surface area (Å²) in [5.41, 5.74) is 5.45. The molecule has 0 radical (unpaired) electrons. The van der Waals surface area contributed by atoms with Gasteiger partial charge >= 0.3 is 0 Å². The monoisotopic (exact) mass is 188 g/mol. The number of amides is 1. The summed E-state index contributed by atoms with van der Waals surface area (Å²) in [6.07, 6.45) is 0.219. The van der Waals surface area contributed by atoms with E-state index in [0.717, 1.165) is 0 Å². The van der Waals surface area contributed by atoms with E-state index in [1.54, 1.807) is 4.90 Å². The van der Waals surface area contributed by atoms with Crippen molar-refractivity contribution < 1.29 is 14.6 Å². The first-order valence-corrected chi connectivity index (χ1v) is 4.46. The van der Waals surface area contributed by atoms with E-state index in [2.05, 4.69) is 0 Å². The zero-order chi connectivity index (χ0) is 9.68. The molecule has 3 N–H and O–H groups in total. The highest BCUT2D eigenvalue weighted by Crippen LogP contribution is 2.01. The summed E-state index contributed by atoms with van der Waals surface area (Å²) in [4.78, 5) is 13.2. The first-order valence-electron chi connectivity index (χ1n) is 4.46. The molecule has 5 heteroatoms. The van der Waals surface area contributed by atoms with Crippen molar-refractivity contribution in [2.24, 2.45) is 5.73 Å². The summed E-state index contributed by atoms with van der Waals surface area (Å²) in [6.45, 7) is 2.32. The Balaban J connectivity index is 2.29. The zero-order valence-corrected chi connectivity index (χ0v) is 7.61. The summed E-state index contributed by atoms with van der Waals surface area (Å²) in [6, 6.07) is -0.435. The molecule has 0 unspecified atom stereocenters. The molecular formula is C8H16N2O3. The molecule has 13 heavy (non-hydrogen) atoms. The molecule has 0 aromatic rings. The van der Waals surface area contributed by atoms with Gasteiger partial charge in [-0.1, -0.05) is 0 Å². The Hall–Kier alpha value is -0.650. The van der Waals surface area contributed by atoms with Gasteiger partial charge in [-0.2, -0.15) is 0 Å². The Labute approximate surface area is 77.5 Å². The lowest BCUT2D eigenvalue weighted by Crippen LogP contribution is -2.43. The molecule has 0 saturated carbocycles.